The molecule has 1 amide bonds. The fraction of sp³-hybridized carbons (Fsp3) is 0.115. The van der Waals surface area contributed by atoms with Crippen LogP contribution in [0.2, 0.25) is 0 Å². The smallest absolute Gasteiger partial charge is 0.227 e. The Balaban J connectivity index is 1.28. The highest BCUT2D eigenvalue weighted by molar-refractivity contribution is 7.14. The predicted octanol–water partition coefficient (Wildman–Crippen LogP) is 5.78. The maximum atomic E-state index is 13.6. The maximum Gasteiger partial charge on any atom is 0.227 e. The summed E-state index contributed by atoms with van der Waals surface area (Å²) in [5, 5.41) is 11.2. The first-order valence-corrected chi connectivity index (χ1v) is 12.3. The number of rotatable bonds is 5. The number of nitrogens with zero attached hydrogens (tertiary/aromatic N) is 4. The Bertz CT molecular complexity index is 1780. The number of carbonyl (C=O) groups is 1. The summed E-state index contributed by atoms with van der Waals surface area (Å²) in [4.78, 5) is 29.7. The van der Waals surface area contributed by atoms with E-state index in [0.717, 1.165) is 62.2 Å². The van der Waals surface area contributed by atoms with Crippen LogP contribution in [-0.4, -0.2) is 36.0 Å². The summed E-state index contributed by atoms with van der Waals surface area (Å²) in [6.07, 6.45) is 8.72. The Morgan fingerprint density at radius 2 is 1.89 bits per heavy atom. The lowest BCUT2D eigenvalue weighted by Gasteiger charge is -2.07. The second kappa shape index (κ2) is 8.06. The molecule has 36 heavy (non-hydrogen) atoms. The topological polar surface area (TPSA) is 112 Å². The number of hydrogen-bond donors (Lipinski definition) is 3. The van der Waals surface area contributed by atoms with Gasteiger partial charge in [-0.2, -0.15) is 9.49 Å². The van der Waals surface area contributed by atoms with E-state index in [4.69, 9.17) is 4.98 Å². The Hall–Kier alpha value is -4.44. The molecule has 176 valence electrons. The molecule has 0 saturated heterocycles. The van der Waals surface area contributed by atoms with E-state index in [1.54, 1.807) is 30.9 Å². The van der Waals surface area contributed by atoms with Crippen LogP contribution in [0, 0.1) is 11.0 Å². The molecule has 8 nitrogen and oxygen atoms in total. The van der Waals surface area contributed by atoms with Gasteiger partial charge in [-0.15, -0.1) is 11.3 Å². The number of hydrogen-bond acceptors (Lipinski definition) is 6. The molecule has 10 heteroatoms. The van der Waals surface area contributed by atoms with Gasteiger partial charge in [0.2, 0.25) is 5.91 Å². The number of amides is 1. The molecule has 3 N–H and O–H groups in total. The average Bonchev–Trinajstić information content (AvgIpc) is 3.30. The summed E-state index contributed by atoms with van der Waals surface area (Å²) in [5.74, 6) is 0.755. The van der Waals surface area contributed by atoms with E-state index in [1.165, 1.54) is 6.07 Å². The van der Waals surface area contributed by atoms with Gasteiger partial charge in [0.15, 0.2) is 11.0 Å². The number of benzene rings is 1. The second-order valence-corrected chi connectivity index (χ2v) is 9.86. The molecule has 5 aromatic heterocycles. The molecule has 0 aliphatic heterocycles. The SMILES string of the molecule is O=C(Nc1cncc(-c2ccc3[nH]nc(-c4nc5c(-c6ccc(F)s6)cncc5[nH]4)c3c2)c1)C1CC1. The molecular formula is C26H18FN7OS. The monoisotopic (exact) mass is 495 g/mol. The lowest BCUT2D eigenvalue weighted by Crippen LogP contribution is -2.13. The van der Waals surface area contributed by atoms with Crippen molar-refractivity contribution in [2.24, 2.45) is 5.92 Å². The Morgan fingerprint density at radius 1 is 1.00 bits per heavy atom. The zero-order chi connectivity index (χ0) is 24.2. The molecular weight excluding hydrogens is 477 g/mol. The molecule has 1 aromatic carbocycles. The third-order valence-electron chi connectivity index (χ3n) is 6.31. The minimum absolute atomic E-state index is 0.0468. The van der Waals surface area contributed by atoms with Gasteiger partial charge in [0.1, 0.15) is 11.2 Å². The van der Waals surface area contributed by atoms with Crippen LogP contribution in [0.5, 0.6) is 0 Å². The molecule has 5 heterocycles. The number of nitrogens with one attached hydrogen (secondary N) is 3. The normalized spacial score (nSPS) is 13.5. The summed E-state index contributed by atoms with van der Waals surface area (Å²) in [6, 6.07) is 11.1. The number of carbonyl (C=O) groups excluding carboxylic acids is 1. The number of thiophene rings is 1. The van der Waals surface area contributed by atoms with Crippen LogP contribution in [0.15, 0.2) is 61.2 Å². The van der Waals surface area contributed by atoms with Crippen LogP contribution in [-0.2, 0) is 4.79 Å². The van der Waals surface area contributed by atoms with Gasteiger partial charge in [-0.3, -0.25) is 19.9 Å². The number of aromatic nitrogens is 6. The Kier molecular flexibility index (Phi) is 4.68. The number of aromatic amines is 2. The molecule has 0 radical (unpaired) electrons. The van der Waals surface area contributed by atoms with E-state index in [-0.39, 0.29) is 17.0 Å². The van der Waals surface area contributed by atoms with E-state index >= 15 is 0 Å². The molecule has 1 aliphatic carbocycles. The maximum absolute atomic E-state index is 13.6. The summed E-state index contributed by atoms with van der Waals surface area (Å²) in [5.41, 5.74) is 6.24. The summed E-state index contributed by atoms with van der Waals surface area (Å²) >= 11 is 1.06. The van der Waals surface area contributed by atoms with Crippen LogP contribution in [0.3, 0.4) is 0 Å². The molecule has 6 aromatic rings. The molecule has 1 saturated carbocycles. The minimum Gasteiger partial charge on any atom is -0.335 e. The lowest BCUT2D eigenvalue weighted by atomic mass is 10.0. The molecule has 7 rings (SSSR count). The molecule has 1 aliphatic rings. The Morgan fingerprint density at radius 3 is 2.72 bits per heavy atom. The van der Waals surface area contributed by atoms with Crippen LogP contribution >= 0.6 is 11.3 Å². The lowest BCUT2D eigenvalue weighted by molar-refractivity contribution is -0.117. The fourth-order valence-electron chi connectivity index (χ4n) is 4.31. The van der Waals surface area contributed by atoms with Gasteiger partial charge in [0.25, 0.3) is 0 Å². The first-order valence-electron chi connectivity index (χ1n) is 11.5. The van der Waals surface area contributed by atoms with Crippen molar-refractivity contribution in [3.8, 4) is 33.1 Å². The van der Waals surface area contributed by atoms with Gasteiger partial charge in [-0.1, -0.05) is 6.07 Å². The number of anilines is 1. The highest BCUT2D eigenvalue weighted by Crippen LogP contribution is 2.35. The Labute approximate surface area is 207 Å². The van der Waals surface area contributed by atoms with Gasteiger partial charge in [0, 0.05) is 39.7 Å². The minimum atomic E-state index is -0.255. The van der Waals surface area contributed by atoms with Gasteiger partial charge in [0.05, 0.1) is 29.1 Å². The van der Waals surface area contributed by atoms with Crippen molar-refractivity contribution in [3.05, 3.63) is 66.3 Å². The number of imidazole rings is 1. The molecule has 0 bridgehead atoms. The van der Waals surface area contributed by atoms with Crippen LogP contribution in [0.1, 0.15) is 12.8 Å². The largest absolute Gasteiger partial charge is 0.335 e. The first kappa shape index (κ1) is 20.9. The summed E-state index contributed by atoms with van der Waals surface area (Å²) in [6.45, 7) is 0. The van der Waals surface area contributed by atoms with Crippen molar-refractivity contribution in [2.45, 2.75) is 12.8 Å². The standard InChI is InChI=1S/C26H18FN7OS/c27-22-6-5-21(36-22)18-11-29-12-20-23(18)32-25(31-20)24-17-8-14(3-4-19(17)33-34-24)15-7-16(10-28-9-15)30-26(35)13-1-2-13/h3-13H,1-2H2,(H,30,35)(H,31,32)(H,33,34). The fourth-order valence-corrected chi connectivity index (χ4v) is 5.06. The van der Waals surface area contributed by atoms with Crippen molar-refractivity contribution in [1.29, 1.82) is 0 Å². The van der Waals surface area contributed by atoms with E-state index in [2.05, 4.69) is 30.5 Å². The second-order valence-electron chi connectivity index (χ2n) is 8.83. The summed E-state index contributed by atoms with van der Waals surface area (Å²) < 4.78 is 13.6. The van der Waals surface area contributed by atoms with Crippen molar-refractivity contribution in [3.63, 3.8) is 0 Å². The quantitative estimate of drug-likeness (QED) is 0.281. The van der Waals surface area contributed by atoms with E-state index in [1.807, 2.05) is 24.3 Å². The van der Waals surface area contributed by atoms with Crippen molar-refractivity contribution < 1.29 is 9.18 Å². The molecule has 0 atom stereocenters. The van der Waals surface area contributed by atoms with Crippen molar-refractivity contribution >= 4 is 44.9 Å². The van der Waals surface area contributed by atoms with Gasteiger partial charge < -0.3 is 10.3 Å². The molecule has 1 fully saturated rings. The number of fused-ring (bicyclic) bond motifs is 2. The van der Waals surface area contributed by atoms with Crippen LogP contribution < -0.4 is 5.32 Å². The summed E-state index contributed by atoms with van der Waals surface area (Å²) in [7, 11) is 0. The van der Waals surface area contributed by atoms with Gasteiger partial charge >= 0.3 is 0 Å². The van der Waals surface area contributed by atoms with E-state index in [9.17, 15) is 9.18 Å². The van der Waals surface area contributed by atoms with Crippen molar-refractivity contribution in [2.75, 3.05) is 5.32 Å². The van der Waals surface area contributed by atoms with Crippen molar-refractivity contribution in [1.82, 2.24) is 30.1 Å². The number of pyridine rings is 2. The first-order chi connectivity index (χ1) is 17.6. The third-order valence-corrected chi connectivity index (χ3v) is 7.21. The average molecular weight is 496 g/mol. The van der Waals surface area contributed by atoms with Crippen LogP contribution in [0.4, 0.5) is 10.1 Å². The van der Waals surface area contributed by atoms with Crippen LogP contribution in [0.25, 0.3) is 55.0 Å². The third kappa shape index (κ3) is 3.62. The van der Waals surface area contributed by atoms with E-state index in [0.29, 0.717) is 22.7 Å². The van der Waals surface area contributed by atoms with Gasteiger partial charge in [-0.25, -0.2) is 4.98 Å². The molecule has 0 spiro atoms. The highest BCUT2D eigenvalue weighted by atomic mass is 32.1. The zero-order valence-electron chi connectivity index (χ0n) is 18.7. The van der Waals surface area contributed by atoms with E-state index < -0.39 is 0 Å². The zero-order valence-corrected chi connectivity index (χ0v) is 19.6. The highest BCUT2D eigenvalue weighted by Gasteiger charge is 2.29. The predicted molar refractivity (Wildman–Crippen MR) is 137 cm³/mol. The number of halogens is 1. The van der Waals surface area contributed by atoms with Gasteiger partial charge in [-0.05, 0) is 48.7 Å². The number of H-pyrrole nitrogens is 2. The molecule has 0 unspecified atom stereocenters.